The Hall–Kier alpha value is -2.28. The van der Waals surface area contributed by atoms with Crippen LogP contribution in [0.25, 0.3) is 0 Å². The number of carbonyl (C=O) groups is 1. The van der Waals surface area contributed by atoms with Gasteiger partial charge in [-0.3, -0.25) is 0 Å². The number of nitrogens with zero attached hydrogens (tertiary/aromatic N) is 1. The van der Waals surface area contributed by atoms with Gasteiger partial charge in [0.25, 0.3) is 0 Å². The third-order valence-electron chi connectivity index (χ3n) is 2.67. The van der Waals surface area contributed by atoms with Gasteiger partial charge in [-0.25, -0.2) is 9.78 Å². The molecule has 2 N–H and O–H groups in total. The summed E-state index contributed by atoms with van der Waals surface area (Å²) >= 11 is 3.37. The van der Waals surface area contributed by atoms with Crippen molar-refractivity contribution in [2.24, 2.45) is 0 Å². The smallest absolute Gasteiger partial charge is 0.340 e. The highest BCUT2D eigenvalue weighted by Gasteiger charge is 2.13. The second-order valence-electron chi connectivity index (χ2n) is 4.00. The number of carbonyl (C=O) groups excluding carboxylic acids is 1. The minimum Gasteiger partial charge on any atom is -0.497 e. The number of benzene rings is 1. The fourth-order valence-electron chi connectivity index (χ4n) is 1.59. The van der Waals surface area contributed by atoms with Crippen LogP contribution in [0.2, 0.25) is 0 Å². The van der Waals surface area contributed by atoms with E-state index in [1.807, 2.05) is 0 Å². The lowest BCUT2D eigenvalue weighted by atomic mass is 10.2. The molecule has 1 heterocycles. The fraction of sp³-hybridized carbons (Fsp3) is 0.143. The number of aromatic nitrogens is 1. The van der Waals surface area contributed by atoms with Crippen LogP contribution in [0.4, 0.5) is 5.69 Å². The zero-order valence-corrected chi connectivity index (χ0v) is 13.0. The number of methoxy groups -OCH3 is 2. The number of hydrogen-bond donors (Lipinski definition) is 1. The molecule has 2 aromatic rings. The molecular formula is C14H13BrN2O4. The highest BCUT2D eigenvalue weighted by Crippen LogP contribution is 2.32. The summed E-state index contributed by atoms with van der Waals surface area (Å²) in [4.78, 5) is 15.6. The van der Waals surface area contributed by atoms with Crippen LogP contribution in [0.3, 0.4) is 0 Å². The van der Waals surface area contributed by atoms with Gasteiger partial charge in [0.2, 0.25) is 5.88 Å². The Morgan fingerprint density at radius 3 is 2.67 bits per heavy atom. The van der Waals surface area contributed by atoms with Crippen molar-refractivity contribution in [3.63, 3.8) is 0 Å². The van der Waals surface area contributed by atoms with Crippen molar-refractivity contribution in [1.29, 1.82) is 0 Å². The summed E-state index contributed by atoms with van der Waals surface area (Å²) in [5.41, 5.74) is 6.11. The van der Waals surface area contributed by atoms with Gasteiger partial charge in [-0.05, 0) is 34.1 Å². The quantitative estimate of drug-likeness (QED) is 0.851. The van der Waals surface area contributed by atoms with E-state index in [0.717, 1.165) is 0 Å². The Kier molecular flexibility index (Phi) is 4.64. The minimum atomic E-state index is -0.548. The molecule has 0 radical (unpaired) electrons. The Balaban J connectivity index is 2.30. The molecule has 110 valence electrons. The zero-order chi connectivity index (χ0) is 15.4. The third-order valence-corrected chi connectivity index (χ3v) is 3.29. The SMILES string of the molecule is COC(=O)c1cc(Oc2ccc(OC)cc2Br)ncc1N. The summed E-state index contributed by atoms with van der Waals surface area (Å²) in [5, 5.41) is 0. The molecule has 21 heavy (non-hydrogen) atoms. The Morgan fingerprint density at radius 2 is 2.05 bits per heavy atom. The van der Waals surface area contributed by atoms with Crippen LogP contribution in [-0.4, -0.2) is 25.2 Å². The molecule has 0 saturated heterocycles. The van der Waals surface area contributed by atoms with Gasteiger partial charge in [0.05, 0.1) is 36.1 Å². The number of anilines is 1. The molecule has 0 amide bonds. The first-order chi connectivity index (χ1) is 10.0. The molecule has 0 aliphatic rings. The summed E-state index contributed by atoms with van der Waals surface area (Å²) in [7, 11) is 2.86. The molecule has 0 aliphatic carbocycles. The maximum Gasteiger partial charge on any atom is 0.340 e. The molecule has 0 spiro atoms. The summed E-state index contributed by atoms with van der Waals surface area (Å²) in [6.45, 7) is 0. The summed E-state index contributed by atoms with van der Waals surface area (Å²) in [6.07, 6.45) is 1.35. The van der Waals surface area contributed by atoms with Crippen LogP contribution in [-0.2, 0) is 4.74 Å². The van der Waals surface area contributed by atoms with Crippen LogP contribution in [0.15, 0.2) is 34.9 Å². The van der Waals surface area contributed by atoms with Crippen LogP contribution in [0.1, 0.15) is 10.4 Å². The highest BCUT2D eigenvalue weighted by atomic mass is 79.9. The first kappa shape index (κ1) is 15.1. The van der Waals surface area contributed by atoms with E-state index in [-0.39, 0.29) is 17.1 Å². The van der Waals surface area contributed by atoms with Crippen molar-refractivity contribution in [3.05, 3.63) is 40.5 Å². The fourth-order valence-corrected chi connectivity index (χ4v) is 2.03. The Bertz CT molecular complexity index is 676. The van der Waals surface area contributed by atoms with Crippen molar-refractivity contribution in [1.82, 2.24) is 4.98 Å². The molecule has 0 saturated carbocycles. The minimum absolute atomic E-state index is 0.201. The maximum absolute atomic E-state index is 11.6. The lowest BCUT2D eigenvalue weighted by molar-refractivity contribution is 0.0601. The average Bonchev–Trinajstić information content (AvgIpc) is 2.50. The van der Waals surface area contributed by atoms with E-state index in [9.17, 15) is 4.79 Å². The molecule has 2 rings (SSSR count). The average molecular weight is 353 g/mol. The number of nitrogen functional groups attached to an aromatic ring is 1. The number of halogens is 1. The lowest BCUT2D eigenvalue weighted by Crippen LogP contribution is -2.06. The first-order valence-electron chi connectivity index (χ1n) is 5.90. The summed E-state index contributed by atoms with van der Waals surface area (Å²) in [6, 6.07) is 6.66. The zero-order valence-electron chi connectivity index (χ0n) is 11.4. The van der Waals surface area contributed by atoms with Crippen molar-refractivity contribution < 1.29 is 19.0 Å². The largest absolute Gasteiger partial charge is 0.497 e. The molecule has 0 fully saturated rings. The van der Waals surface area contributed by atoms with Gasteiger partial charge in [-0.1, -0.05) is 0 Å². The van der Waals surface area contributed by atoms with Crippen LogP contribution in [0.5, 0.6) is 17.4 Å². The van der Waals surface area contributed by atoms with E-state index in [4.69, 9.17) is 15.2 Å². The third kappa shape index (κ3) is 3.43. The molecule has 0 aliphatic heterocycles. The van der Waals surface area contributed by atoms with Gasteiger partial charge in [0.1, 0.15) is 11.5 Å². The van der Waals surface area contributed by atoms with Crippen LogP contribution in [0, 0.1) is 0 Å². The van der Waals surface area contributed by atoms with Gasteiger partial charge in [-0.15, -0.1) is 0 Å². The first-order valence-corrected chi connectivity index (χ1v) is 6.69. The van der Waals surface area contributed by atoms with Crippen LogP contribution < -0.4 is 15.2 Å². The van der Waals surface area contributed by atoms with Gasteiger partial charge in [0.15, 0.2) is 0 Å². The molecular weight excluding hydrogens is 340 g/mol. The topological polar surface area (TPSA) is 83.7 Å². The predicted octanol–water partition coefficient (Wildman–Crippen LogP) is 3.01. The van der Waals surface area contributed by atoms with E-state index in [1.165, 1.54) is 19.4 Å². The van der Waals surface area contributed by atoms with Gasteiger partial charge in [-0.2, -0.15) is 0 Å². The molecule has 7 heteroatoms. The molecule has 0 unspecified atom stereocenters. The van der Waals surface area contributed by atoms with Gasteiger partial charge in [0, 0.05) is 6.07 Å². The molecule has 6 nitrogen and oxygen atoms in total. The monoisotopic (exact) mass is 352 g/mol. The number of hydrogen-bond acceptors (Lipinski definition) is 6. The maximum atomic E-state index is 11.6. The van der Waals surface area contributed by atoms with Crippen molar-refractivity contribution >= 4 is 27.6 Å². The predicted molar refractivity (Wildman–Crippen MR) is 80.8 cm³/mol. The van der Waals surface area contributed by atoms with Crippen LogP contribution >= 0.6 is 15.9 Å². The summed E-state index contributed by atoms with van der Waals surface area (Å²) < 4.78 is 16.1. The van der Waals surface area contributed by atoms with E-state index in [0.29, 0.717) is 16.0 Å². The molecule has 1 aromatic carbocycles. The van der Waals surface area contributed by atoms with Gasteiger partial charge >= 0.3 is 5.97 Å². The van der Waals surface area contributed by atoms with Crippen molar-refractivity contribution in [2.75, 3.05) is 20.0 Å². The normalized spacial score (nSPS) is 10.0. The van der Waals surface area contributed by atoms with Crippen molar-refractivity contribution in [3.8, 4) is 17.4 Å². The van der Waals surface area contributed by atoms with E-state index < -0.39 is 5.97 Å². The molecule has 0 bridgehead atoms. The lowest BCUT2D eigenvalue weighted by Gasteiger charge is -2.10. The second-order valence-corrected chi connectivity index (χ2v) is 4.85. The second kappa shape index (κ2) is 6.45. The number of pyridine rings is 1. The van der Waals surface area contributed by atoms with E-state index in [2.05, 4.69) is 25.7 Å². The van der Waals surface area contributed by atoms with Crippen molar-refractivity contribution in [2.45, 2.75) is 0 Å². The Morgan fingerprint density at radius 1 is 1.29 bits per heavy atom. The molecule has 1 aromatic heterocycles. The van der Waals surface area contributed by atoms with Gasteiger partial charge < -0.3 is 19.9 Å². The summed E-state index contributed by atoms with van der Waals surface area (Å²) in [5.74, 6) is 0.905. The van der Waals surface area contributed by atoms with E-state index >= 15 is 0 Å². The Labute approximate surface area is 130 Å². The number of esters is 1. The highest BCUT2D eigenvalue weighted by molar-refractivity contribution is 9.10. The van der Waals surface area contributed by atoms with E-state index in [1.54, 1.807) is 25.3 Å². The standard InChI is InChI=1S/C14H13BrN2O4/c1-19-8-3-4-12(10(15)5-8)21-13-6-9(14(18)20-2)11(16)7-17-13/h3-7H,16H2,1-2H3. The number of rotatable bonds is 4. The number of nitrogens with two attached hydrogens (primary N) is 1. The molecule has 0 atom stereocenters. The number of ether oxygens (including phenoxy) is 3.